The summed E-state index contributed by atoms with van der Waals surface area (Å²) >= 11 is 3.02. The van der Waals surface area contributed by atoms with Gasteiger partial charge in [-0.05, 0) is 17.7 Å². The molecule has 0 atom stereocenters. The van der Waals surface area contributed by atoms with Gasteiger partial charge in [-0.3, -0.25) is 10.1 Å². The lowest BCUT2D eigenvalue weighted by Crippen LogP contribution is -1.99. The molecule has 0 aliphatic rings. The molecule has 0 bridgehead atoms. The van der Waals surface area contributed by atoms with Gasteiger partial charge in [0.15, 0.2) is 0 Å². The predicted molar refractivity (Wildman–Crippen MR) is 83.6 cm³/mol. The third kappa shape index (κ3) is 2.68. The number of halogens is 1. The van der Waals surface area contributed by atoms with Crippen LogP contribution in [0.2, 0.25) is 0 Å². The van der Waals surface area contributed by atoms with E-state index in [4.69, 9.17) is 0 Å². The van der Waals surface area contributed by atoms with Crippen molar-refractivity contribution in [2.24, 2.45) is 4.99 Å². The molecule has 0 saturated heterocycles. The lowest BCUT2D eigenvalue weighted by atomic mass is 10.2. The highest BCUT2D eigenvalue weighted by Crippen LogP contribution is 2.29. The number of benzene rings is 2. The Hall–Kier alpha value is -2.74. The summed E-state index contributed by atoms with van der Waals surface area (Å²) in [7, 11) is 0. The van der Waals surface area contributed by atoms with Gasteiger partial charge < -0.3 is 10.1 Å². The molecule has 8 heteroatoms. The van der Waals surface area contributed by atoms with Crippen molar-refractivity contribution < 1.29 is 10.0 Å². The number of nitrogens with zero attached hydrogens (tertiary/aromatic N) is 3. The summed E-state index contributed by atoms with van der Waals surface area (Å²) < 4.78 is 0.118. The summed E-state index contributed by atoms with van der Waals surface area (Å²) in [4.78, 5) is 21.6. The van der Waals surface area contributed by atoms with Gasteiger partial charge in [-0.15, -0.1) is 0 Å². The van der Waals surface area contributed by atoms with E-state index in [1.165, 1.54) is 18.3 Å². The van der Waals surface area contributed by atoms with Crippen LogP contribution >= 0.6 is 15.9 Å². The van der Waals surface area contributed by atoms with Crippen molar-refractivity contribution in [3.63, 3.8) is 0 Å². The first-order valence-electron chi connectivity index (χ1n) is 6.18. The van der Waals surface area contributed by atoms with Crippen LogP contribution in [0.15, 0.2) is 45.9 Å². The van der Waals surface area contributed by atoms with Crippen LogP contribution in [0.3, 0.4) is 0 Å². The van der Waals surface area contributed by atoms with Crippen LogP contribution in [-0.2, 0) is 0 Å². The fourth-order valence-corrected chi connectivity index (χ4v) is 2.40. The minimum absolute atomic E-state index is 0.113. The van der Waals surface area contributed by atoms with Gasteiger partial charge >= 0.3 is 0 Å². The first-order chi connectivity index (χ1) is 10.5. The number of imidazole rings is 1. The number of fused-ring (bicyclic) bond motifs is 1. The van der Waals surface area contributed by atoms with Gasteiger partial charge in [0.1, 0.15) is 0 Å². The molecule has 0 amide bonds. The van der Waals surface area contributed by atoms with Gasteiger partial charge in [0.2, 0.25) is 5.95 Å². The topological polar surface area (TPSA) is 107 Å². The van der Waals surface area contributed by atoms with E-state index in [-0.39, 0.29) is 21.5 Å². The summed E-state index contributed by atoms with van der Waals surface area (Å²) in [6, 6.07) is 9.74. The van der Waals surface area contributed by atoms with E-state index in [9.17, 15) is 15.2 Å². The highest BCUT2D eigenvalue weighted by molar-refractivity contribution is 9.10. The normalized spacial score (nSPS) is 11.3. The highest BCUT2D eigenvalue weighted by Gasteiger charge is 2.09. The van der Waals surface area contributed by atoms with Crippen molar-refractivity contribution >= 4 is 44.8 Å². The monoisotopic (exact) mass is 359 g/mol. The molecule has 22 heavy (non-hydrogen) atoms. The fraction of sp³-hybridized carbons (Fsp3) is 0. The Balaban J connectivity index is 1.99. The average molecular weight is 360 g/mol. The second-order valence-electron chi connectivity index (χ2n) is 4.44. The Kier molecular flexibility index (Phi) is 3.60. The second kappa shape index (κ2) is 5.57. The number of para-hydroxylation sites is 2. The van der Waals surface area contributed by atoms with E-state index < -0.39 is 4.92 Å². The molecule has 1 aromatic heterocycles. The maximum absolute atomic E-state index is 11.9. The number of hydrogen-bond acceptors (Lipinski definition) is 5. The van der Waals surface area contributed by atoms with Crippen molar-refractivity contribution in [1.82, 2.24) is 9.97 Å². The molecule has 110 valence electrons. The van der Waals surface area contributed by atoms with Crippen LogP contribution in [-0.4, -0.2) is 21.1 Å². The molecule has 1 heterocycles. The van der Waals surface area contributed by atoms with Crippen molar-refractivity contribution in [1.29, 1.82) is 0 Å². The van der Waals surface area contributed by atoms with E-state index in [1.54, 1.807) is 0 Å². The van der Waals surface area contributed by atoms with Gasteiger partial charge in [-0.1, -0.05) is 33.8 Å². The van der Waals surface area contributed by atoms with Crippen LogP contribution < -0.4 is 5.11 Å². The Bertz CT molecular complexity index is 871. The van der Waals surface area contributed by atoms with Gasteiger partial charge in [0.25, 0.3) is 5.69 Å². The van der Waals surface area contributed by atoms with E-state index in [0.717, 1.165) is 11.0 Å². The lowest BCUT2D eigenvalue weighted by molar-refractivity contribution is -0.385. The Morgan fingerprint density at radius 2 is 2.09 bits per heavy atom. The SMILES string of the molecule is O=[N+]([O-])c1cc(Br)c([O-])c(C=Nc2nc3ccccc3[nH]2)c1. The molecule has 0 fully saturated rings. The quantitative estimate of drug-likeness (QED) is 0.440. The molecular formula is C14H8BrN4O3-. The molecule has 1 N–H and O–H groups in total. The van der Waals surface area contributed by atoms with Crippen LogP contribution in [0.1, 0.15) is 5.56 Å². The third-order valence-electron chi connectivity index (χ3n) is 2.97. The number of nitrogens with one attached hydrogen (secondary N) is 1. The largest absolute Gasteiger partial charge is 0.871 e. The van der Waals surface area contributed by atoms with Gasteiger partial charge in [0.05, 0.1) is 16.0 Å². The second-order valence-corrected chi connectivity index (χ2v) is 5.29. The minimum Gasteiger partial charge on any atom is -0.871 e. The van der Waals surface area contributed by atoms with E-state index >= 15 is 0 Å². The number of non-ortho nitro benzene ring substituents is 1. The third-order valence-corrected chi connectivity index (χ3v) is 3.56. The summed E-state index contributed by atoms with van der Waals surface area (Å²) in [6.07, 6.45) is 1.26. The maximum Gasteiger partial charge on any atom is 0.271 e. The first-order valence-corrected chi connectivity index (χ1v) is 6.97. The number of nitro benzene ring substituents is 1. The van der Waals surface area contributed by atoms with Crippen molar-refractivity contribution in [2.45, 2.75) is 0 Å². The van der Waals surface area contributed by atoms with Crippen LogP contribution in [0.5, 0.6) is 5.75 Å². The number of rotatable bonds is 3. The Morgan fingerprint density at radius 1 is 1.32 bits per heavy atom. The molecule has 2 aromatic carbocycles. The number of hydrogen-bond donors (Lipinski definition) is 1. The van der Waals surface area contributed by atoms with Crippen molar-refractivity contribution in [3.8, 4) is 5.75 Å². The van der Waals surface area contributed by atoms with Gasteiger partial charge in [0, 0.05) is 22.8 Å². The number of aliphatic imine (C=N–C) groups is 1. The zero-order valence-electron chi connectivity index (χ0n) is 11.0. The lowest BCUT2D eigenvalue weighted by Gasteiger charge is -2.11. The maximum atomic E-state index is 11.9. The van der Waals surface area contributed by atoms with Crippen LogP contribution in [0.25, 0.3) is 11.0 Å². The highest BCUT2D eigenvalue weighted by atomic mass is 79.9. The zero-order valence-corrected chi connectivity index (χ0v) is 12.6. The van der Waals surface area contributed by atoms with Gasteiger partial charge in [-0.2, -0.15) is 0 Å². The predicted octanol–water partition coefficient (Wildman–Crippen LogP) is 3.06. The van der Waals surface area contributed by atoms with Crippen LogP contribution in [0, 0.1) is 10.1 Å². The summed E-state index contributed by atoms with van der Waals surface area (Å²) in [6.45, 7) is 0. The number of aromatic nitrogens is 2. The average Bonchev–Trinajstić information content (AvgIpc) is 2.91. The van der Waals surface area contributed by atoms with E-state index in [0.29, 0.717) is 5.95 Å². The first kappa shape index (κ1) is 14.2. The summed E-state index contributed by atoms with van der Waals surface area (Å²) in [5, 5.41) is 22.8. The number of aromatic amines is 1. The molecule has 3 rings (SSSR count). The molecule has 0 saturated carbocycles. The Labute approximate surface area is 132 Å². The Morgan fingerprint density at radius 3 is 2.82 bits per heavy atom. The summed E-state index contributed by atoms with van der Waals surface area (Å²) in [5.74, 6) is -0.0475. The van der Waals surface area contributed by atoms with Gasteiger partial charge in [-0.25, -0.2) is 9.98 Å². The molecule has 3 aromatic rings. The smallest absolute Gasteiger partial charge is 0.271 e. The molecule has 0 unspecified atom stereocenters. The molecule has 7 nitrogen and oxygen atoms in total. The fourth-order valence-electron chi connectivity index (χ4n) is 1.93. The molecular weight excluding hydrogens is 352 g/mol. The zero-order chi connectivity index (χ0) is 15.7. The number of H-pyrrole nitrogens is 1. The molecule has 0 aliphatic heterocycles. The summed E-state index contributed by atoms with van der Waals surface area (Å²) in [5.41, 5.74) is 1.49. The van der Waals surface area contributed by atoms with E-state index in [2.05, 4.69) is 30.9 Å². The van der Waals surface area contributed by atoms with Crippen molar-refractivity contribution in [2.75, 3.05) is 0 Å². The van der Waals surface area contributed by atoms with Crippen LogP contribution in [0.4, 0.5) is 11.6 Å². The number of nitro groups is 1. The van der Waals surface area contributed by atoms with E-state index in [1.807, 2.05) is 24.3 Å². The molecule has 0 spiro atoms. The molecule has 0 aliphatic carbocycles. The molecule has 0 radical (unpaired) electrons. The minimum atomic E-state index is -0.567. The standard InChI is InChI=1S/C14H9BrN4O3/c15-10-6-9(19(21)22)5-8(13(10)20)7-16-14-17-11-3-1-2-4-12(11)18-14/h1-7,20H,(H,17,18)/p-1. The van der Waals surface area contributed by atoms with Crippen molar-refractivity contribution in [3.05, 3.63) is 56.5 Å².